The third-order valence-corrected chi connectivity index (χ3v) is 4.09. The number of rotatable bonds is 8. The predicted molar refractivity (Wildman–Crippen MR) is 88.2 cm³/mol. The summed E-state index contributed by atoms with van der Waals surface area (Å²) in [7, 11) is 3.05. The highest BCUT2D eigenvalue weighted by atomic mass is 16.5. The van der Waals surface area contributed by atoms with Gasteiger partial charge in [0.1, 0.15) is 11.7 Å². The molecule has 1 fully saturated rings. The minimum absolute atomic E-state index is 0.0141. The summed E-state index contributed by atoms with van der Waals surface area (Å²) in [4.78, 5) is 52.6. The van der Waals surface area contributed by atoms with Crippen LogP contribution in [0.5, 0.6) is 0 Å². The maximum Gasteiger partial charge on any atom is 0.290 e. The quantitative estimate of drug-likeness (QED) is 0.361. The Morgan fingerprint density at radius 3 is 2.25 bits per heavy atom. The van der Waals surface area contributed by atoms with Gasteiger partial charge in [-0.05, 0) is 6.42 Å². The fraction of sp³-hybridized carbons (Fsp3) is 0.647. The highest BCUT2D eigenvalue weighted by Gasteiger charge is 2.41. The van der Waals surface area contributed by atoms with Crippen LogP contribution in [0.25, 0.3) is 0 Å². The minimum atomic E-state index is -1.15. The van der Waals surface area contributed by atoms with Gasteiger partial charge in [-0.15, -0.1) is 6.58 Å². The lowest BCUT2D eigenvalue weighted by Gasteiger charge is -2.30. The summed E-state index contributed by atoms with van der Waals surface area (Å²) in [5.74, 6) is -4.29. The Labute approximate surface area is 142 Å². The van der Waals surface area contributed by atoms with Crippen LogP contribution in [-0.2, 0) is 23.9 Å². The van der Waals surface area contributed by atoms with E-state index in [-0.39, 0.29) is 12.8 Å². The molecule has 24 heavy (non-hydrogen) atoms. The predicted octanol–water partition coefficient (Wildman–Crippen LogP) is 0.290. The lowest BCUT2D eigenvalue weighted by atomic mass is 9.81. The van der Waals surface area contributed by atoms with E-state index in [1.54, 1.807) is 6.92 Å². The van der Waals surface area contributed by atoms with Crippen molar-refractivity contribution < 1.29 is 23.9 Å². The van der Waals surface area contributed by atoms with Crippen LogP contribution in [0.3, 0.4) is 0 Å². The zero-order valence-corrected chi connectivity index (χ0v) is 14.6. The van der Waals surface area contributed by atoms with Crippen molar-refractivity contribution in [2.75, 3.05) is 40.4 Å². The van der Waals surface area contributed by atoms with Crippen LogP contribution < -0.4 is 0 Å². The number of nitrogens with zero attached hydrogens (tertiary/aromatic N) is 2. The van der Waals surface area contributed by atoms with E-state index >= 15 is 0 Å². The molecule has 1 heterocycles. The van der Waals surface area contributed by atoms with Crippen molar-refractivity contribution in [2.24, 2.45) is 11.8 Å². The van der Waals surface area contributed by atoms with Crippen molar-refractivity contribution in [3.05, 3.63) is 12.7 Å². The van der Waals surface area contributed by atoms with Gasteiger partial charge in [0.25, 0.3) is 5.91 Å². The first-order valence-corrected chi connectivity index (χ1v) is 8.10. The maximum absolute atomic E-state index is 12.7. The van der Waals surface area contributed by atoms with Crippen molar-refractivity contribution in [3.8, 4) is 0 Å². The third-order valence-electron chi connectivity index (χ3n) is 4.09. The first-order chi connectivity index (χ1) is 11.3. The Morgan fingerprint density at radius 1 is 1.21 bits per heavy atom. The fourth-order valence-corrected chi connectivity index (χ4v) is 2.73. The second kappa shape index (κ2) is 9.32. The molecule has 0 aliphatic carbocycles. The summed E-state index contributed by atoms with van der Waals surface area (Å²) in [6, 6.07) is 0. The highest BCUT2D eigenvalue weighted by molar-refractivity contribution is 6.38. The standard InChI is InChI=1S/C17H26N2O5/c1-5-7-13(20)14(16(22)18(3)4)12(6-2)15(21)17(23)19-8-10-24-11-9-19/h5,12,14H,1,6-11H2,2-4H3/t12-,14-/m1/s1. The number of carbonyl (C=O) groups excluding carboxylic acids is 4. The van der Waals surface area contributed by atoms with E-state index in [4.69, 9.17) is 4.74 Å². The van der Waals surface area contributed by atoms with Crippen molar-refractivity contribution in [1.29, 1.82) is 0 Å². The first-order valence-electron chi connectivity index (χ1n) is 8.10. The molecular weight excluding hydrogens is 312 g/mol. The van der Waals surface area contributed by atoms with Gasteiger partial charge in [0.15, 0.2) is 0 Å². The van der Waals surface area contributed by atoms with E-state index in [0.717, 1.165) is 0 Å². The summed E-state index contributed by atoms with van der Waals surface area (Å²) >= 11 is 0. The molecule has 7 nitrogen and oxygen atoms in total. The number of amides is 2. The number of ether oxygens (including phenoxy) is 1. The number of hydrogen-bond acceptors (Lipinski definition) is 5. The summed E-state index contributed by atoms with van der Waals surface area (Å²) in [5, 5.41) is 0. The van der Waals surface area contributed by atoms with Crippen molar-refractivity contribution >= 4 is 23.4 Å². The molecule has 134 valence electrons. The third kappa shape index (κ3) is 4.74. The van der Waals surface area contributed by atoms with Crippen LogP contribution in [0.15, 0.2) is 12.7 Å². The zero-order chi connectivity index (χ0) is 18.3. The van der Waals surface area contributed by atoms with Gasteiger partial charge in [-0.3, -0.25) is 19.2 Å². The lowest BCUT2D eigenvalue weighted by molar-refractivity contribution is -0.153. The number of hydrogen-bond donors (Lipinski definition) is 0. The van der Waals surface area contributed by atoms with Crippen LogP contribution in [0.4, 0.5) is 0 Å². The summed E-state index contributed by atoms with van der Waals surface area (Å²) in [5.41, 5.74) is 0. The van der Waals surface area contributed by atoms with E-state index in [9.17, 15) is 19.2 Å². The van der Waals surface area contributed by atoms with Gasteiger partial charge in [0.05, 0.1) is 13.2 Å². The Kier molecular flexibility index (Phi) is 7.78. The van der Waals surface area contributed by atoms with E-state index in [0.29, 0.717) is 26.3 Å². The van der Waals surface area contributed by atoms with Crippen LogP contribution in [-0.4, -0.2) is 73.6 Å². The van der Waals surface area contributed by atoms with E-state index < -0.39 is 35.2 Å². The molecule has 0 unspecified atom stereocenters. The van der Waals surface area contributed by atoms with Crippen LogP contribution in [0.2, 0.25) is 0 Å². The molecule has 0 bridgehead atoms. The first kappa shape index (κ1) is 20.0. The van der Waals surface area contributed by atoms with E-state index in [1.807, 2.05) is 0 Å². The molecule has 0 aromatic rings. The molecule has 0 saturated carbocycles. The number of carbonyl (C=O) groups is 4. The van der Waals surface area contributed by atoms with Gasteiger partial charge < -0.3 is 14.5 Å². The second-order valence-electron chi connectivity index (χ2n) is 5.95. The molecule has 1 saturated heterocycles. The molecule has 1 aliphatic heterocycles. The summed E-state index contributed by atoms with van der Waals surface area (Å²) < 4.78 is 5.17. The van der Waals surface area contributed by atoms with E-state index in [1.165, 1.54) is 30.0 Å². The lowest BCUT2D eigenvalue weighted by Crippen LogP contribution is -2.49. The average molecular weight is 338 g/mol. The van der Waals surface area contributed by atoms with Crippen LogP contribution in [0.1, 0.15) is 19.8 Å². The molecule has 0 radical (unpaired) electrons. The molecule has 0 spiro atoms. The highest BCUT2D eigenvalue weighted by Crippen LogP contribution is 2.23. The zero-order valence-electron chi connectivity index (χ0n) is 14.6. The topological polar surface area (TPSA) is 84.0 Å². The minimum Gasteiger partial charge on any atom is -0.378 e. The monoisotopic (exact) mass is 338 g/mol. The smallest absolute Gasteiger partial charge is 0.290 e. The Balaban J connectivity index is 3.04. The SMILES string of the molecule is C=CCC(=O)[C@H](C(=O)N(C)C)[C@@H](CC)C(=O)C(=O)N1CCOCC1. The van der Waals surface area contributed by atoms with Crippen molar-refractivity contribution in [3.63, 3.8) is 0 Å². The van der Waals surface area contributed by atoms with Gasteiger partial charge in [-0.2, -0.15) is 0 Å². The second-order valence-corrected chi connectivity index (χ2v) is 5.95. The van der Waals surface area contributed by atoms with Crippen LogP contribution in [0, 0.1) is 11.8 Å². The largest absolute Gasteiger partial charge is 0.378 e. The summed E-state index contributed by atoms with van der Waals surface area (Å²) in [6.07, 6.45) is 1.63. The van der Waals surface area contributed by atoms with Gasteiger partial charge in [-0.25, -0.2) is 0 Å². The van der Waals surface area contributed by atoms with E-state index in [2.05, 4.69) is 6.58 Å². The maximum atomic E-state index is 12.7. The Morgan fingerprint density at radius 2 is 1.79 bits per heavy atom. The van der Waals surface area contributed by atoms with Crippen molar-refractivity contribution in [2.45, 2.75) is 19.8 Å². The van der Waals surface area contributed by atoms with Gasteiger partial charge in [0, 0.05) is 39.5 Å². The molecule has 1 rings (SSSR count). The van der Waals surface area contributed by atoms with Crippen molar-refractivity contribution in [1.82, 2.24) is 9.80 Å². The number of allylic oxidation sites excluding steroid dienone is 1. The Hall–Kier alpha value is -2.02. The van der Waals surface area contributed by atoms with Crippen LogP contribution >= 0.6 is 0 Å². The molecule has 0 aromatic carbocycles. The normalized spacial score (nSPS) is 16.9. The molecule has 1 aliphatic rings. The molecule has 0 aromatic heterocycles. The number of Topliss-reactive ketones (excluding diaryl/α,β-unsaturated/α-hetero) is 2. The average Bonchev–Trinajstić information content (AvgIpc) is 2.58. The fourth-order valence-electron chi connectivity index (χ4n) is 2.73. The van der Waals surface area contributed by atoms with Gasteiger partial charge in [-0.1, -0.05) is 13.0 Å². The summed E-state index contributed by atoms with van der Waals surface area (Å²) in [6.45, 7) is 6.65. The molecule has 0 N–H and O–H groups in total. The molecule has 2 amide bonds. The molecule has 2 atom stereocenters. The molecule has 7 heteroatoms. The number of morpholine rings is 1. The Bertz CT molecular complexity index is 509. The van der Waals surface area contributed by atoms with Gasteiger partial charge >= 0.3 is 0 Å². The number of ketones is 2. The molecular formula is C17H26N2O5. The van der Waals surface area contributed by atoms with Gasteiger partial charge in [0.2, 0.25) is 11.7 Å².